The SMILES string of the molecule is CCOC(=O)[C@H]1CCCC[C@H](NC(=O)/C=C/c2cc(Cl)ccc2-n2cnnn2)C2=CC(=c3ccc(NC(=O)OC)cc3=N1)C=CN2O. The van der Waals surface area contributed by atoms with Crippen molar-refractivity contribution in [2.24, 2.45) is 4.99 Å². The van der Waals surface area contributed by atoms with Crippen LogP contribution in [0.15, 0.2) is 77.8 Å². The molecule has 0 aliphatic carbocycles. The second-order valence-electron chi connectivity index (χ2n) is 10.6. The van der Waals surface area contributed by atoms with Gasteiger partial charge in [0.15, 0.2) is 0 Å². The zero-order valence-corrected chi connectivity index (χ0v) is 26.4. The summed E-state index contributed by atoms with van der Waals surface area (Å²) in [5.41, 5.74) is 2.76. The van der Waals surface area contributed by atoms with Crippen molar-refractivity contribution >= 4 is 46.9 Å². The number of hydroxylamine groups is 2. The first-order chi connectivity index (χ1) is 22.7. The molecule has 3 heterocycles. The minimum atomic E-state index is -0.796. The van der Waals surface area contributed by atoms with Gasteiger partial charge in [-0.15, -0.1) is 5.10 Å². The van der Waals surface area contributed by atoms with Gasteiger partial charge in [-0.3, -0.25) is 20.3 Å². The highest BCUT2D eigenvalue weighted by Crippen LogP contribution is 2.24. The molecular formula is C32H33ClN8O6. The molecule has 0 radical (unpaired) electrons. The van der Waals surface area contributed by atoms with Gasteiger partial charge in [0.1, 0.15) is 12.4 Å². The lowest BCUT2D eigenvalue weighted by molar-refractivity contribution is -0.144. The number of carbonyl (C=O) groups excluding carboxylic acids is 3. The number of ether oxygens (including phenoxy) is 2. The van der Waals surface area contributed by atoms with Crippen LogP contribution in [0.2, 0.25) is 5.02 Å². The van der Waals surface area contributed by atoms with Crippen molar-refractivity contribution in [3.63, 3.8) is 0 Å². The standard InChI is InChI=1S/C32H33ClN8O6/c1-3-47-31(43)26-7-5-4-6-25(37-30(42)13-8-21-16-22(33)9-12-28(21)40-19-34-38-39-40)29-17-20(14-15-41(29)45)24-11-10-23(18-27(24)36-26)35-32(44)46-2/h8-19,25-26,45H,3-7H2,1-2H3,(H,35,44)(H,37,42)/b13-8+,24-20?,36-27?/t25-,26+/m0/s1. The molecule has 0 unspecified atom stereocenters. The van der Waals surface area contributed by atoms with E-state index in [1.165, 1.54) is 30.4 Å². The van der Waals surface area contributed by atoms with Crippen LogP contribution >= 0.6 is 11.6 Å². The highest BCUT2D eigenvalue weighted by Gasteiger charge is 2.25. The van der Waals surface area contributed by atoms with Crippen molar-refractivity contribution in [2.45, 2.75) is 44.7 Å². The van der Waals surface area contributed by atoms with Gasteiger partial charge in [0.2, 0.25) is 5.91 Å². The third-order valence-corrected chi connectivity index (χ3v) is 7.69. The maximum atomic E-state index is 13.3. The minimum Gasteiger partial charge on any atom is -0.464 e. The summed E-state index contributed by atoms with van der Waals surface area (Å²) < 4.78 is 11.5. The smallest absolute Gasteiger partial charge is 0.411 e. The number of esters is 1. The van der Waals surface area contributed by atoms with E-state index in [0.29, 0.717) is 69.5 Å². The molecule has 2 aliphatic rings. The molecule has 3 N–H and O–H groups in total. The van der Waals surface area contributed by atoms with E-state index in [1.54, 1.807) is 61.5 Å². The van der Waals surface area contributed by atoms with Crippen molar-refractivity contribution in [1.29, 1.82) is 0 Å². The molecule has 47 heavy (non-hydrogen) atoms. The average Bonchev–Trinajstić information content (AvgIpc) is 3.59. The number of carbonyl (C=O) groups is 3. The van der Waals surface area contributed by atoms with Crippen LogP contribution in [0.25, 0.3) is 17.3 Å². The molecule has 15 heteroatoms. The van der Waals surface area contributed by atoms with E-state index < -0.39 is 30.1 Å². The van der Waals surface area contributed by atoms with Crippen LogP contribution in [-0.4, -0.2) is 74.2 Å². The number of fused-ring (bicyclic) bond motifs is 2. The number of amides is 2. The van der Waals surface area contributed by atoms with E-state index in [-0.39, 0.29) is 6.61 Å². The number of methoxy groups -OCH3 is 1. The van der Waals surface area contributed by atoms with Crippen molar-refractivity contribution in [1.82, 2.24) is 30.6 Å². The summed E-state index contributed by atoms with van der Waals surface area (Å²) in [6, 6.07) is 8.81. The molecule has 0 fully saturated rings. The molecule has 2 atom stereocenters. The molecule has 0 saturated heterocycles. The Hall–Kier alpha value is -5.34. The van der Waals surface area contributed by atoms with Gasteiger partial charge in [0.25, 0.3) is 0 Å². The summed E-state index contributed by atoms with van der Waals surface area (Å²) >= 11 is 6.23. The molecular weight excluding hydrogens is 628 g/mol. The van der Waals surface area contributed by atoms with E-state index in [1.807, 2.05) is 0 Å². The molecule has 2 bridgehead atoms. The van der Waals surface area contributed by atoms with Crippen molar-refractivity contribution in [2.75, 3.05) is 19.0 Å². The molecule has 14 nitrogen and oxygen atoms in total. The predicted molar refractivity (Wildman–Crippen MR) is 172 cm³/mol. The number of tetrazole rings is 1. The zero-order valence-electron chi connectivity index (χ0n) is 25.7. The van der Waals surface area contributed by atoms with Gasteiger partial charge in [-0.05, 0) is 84.3 Å². The Morgan fingerprint density at radius 3 is 2.74 bits per heavy atom. The van der Waals surface area contributed by atoms with E-state index >= 15 is 0 Å². The van der Waals surface area contributed by atoms with Gasteiger partial charge in [-0.2, -0.15) is 4.68 Å². The minimum absolute atomic E-state index is 0.203. The third kappa shape index (κ3) is 8.28. The maximum Gasteiger partial charge on any atom is 0.411 e. The lowest BCUT2D eigenvalue weighted by atomic mass is 9.98. The largest absolute Gasteiger partial charge is 0.464 e. The highest BCUT2D eigenvalue weighted by molar-refractivity contribution is 6.30. The normalized spacial score (nSPS) is 17.8. The third-order valence-electron chi connectivity index (χ3n) is 7.45. The first kappa shape index (κ1) is 33.0. The molecule has 3 aromatic rings. The number of nitrogens with zero attached hydrogens (tertiary/aromatic N) is 6. The molecule has 2 aromatic carbocycles. The summed E-state index contributed by atoms with van der Waals surface area (Å²) in [5.74, 6) is -0.866. The maximum absolute atomic E-state index is 13.3. The van der Waals surface area contributed by atoms with Gasteiger partial charge in [-0.1, -0.05) is 30.5 Å². The second kappa shape index (κ2) is 15.3. The van der Waals surface area contributed by atoms with Gasteiger partial charge in [0, 0.05) is 33.8 Å². The van der Waals surface area contributed by atoms with Crippen LogP contribution in [0.1, 0.15) is 38.2 Å². The lowest BCUT2D eigenvalue weighted by Gasteiger charge is -2.28. The summed E-state index contributed by atoms with van der Waals surface area (Å²) in [5, 5.41) is 30.3. The summed E-state index contributed by atoms with van der Waals surface area (Å²) in [6.45, 7) is 1.93. The number of rotatable bonds is 7. The Morgan fingerprint density at radius 1 is 1.15 bits per heavy atom. The summed E-state index contributed by atoms with van der Waals surface area (Å²) in [7, 11) is 1.26. The number of nitrogens with one attached hydrogen (secondary N) is 2. The van der Waals surface area contributed by atoms with Crippen LogP contribution in [0.4, 0.5) is 10.5 Å². The van der Waals surface area contributed by atoms with Gasteiger partial charge in [-0.25, -0.2) is 14.7 Å². The fourth-order valence-electron chi connectivity index (χ4n) is 5.21. The molecule has 0 spiro atoms. The Kier molecular flexibility index (Phi) is 10.8. The number of halogens is 1. The fourth-order valence-corrected chi connectivity index (χ4v) is 5.39. The molecule has 0 saturated carbocycles. The topological polar surface area (TPSA) is 173 Å². The lowest BCUT2D eigenvalue weighted by Crippen LogP contribution is -2.41. The first-order valence-corrected chi connectivity index (χ1v) is 15.3. The Morgan fingerprint density at radius 2 is 1.98 bits per heavy atom. The van der Waals surface area contributed by atoms with Crippen LogP contribution in [0.5, 0.6) is 0 Å². The monoisotopic (exact) mass is 660 g/mol. The number of anilines is 1. The van der Waals surface area contributed by atoms with Crippen LogP contribution in [-0.2, 0) is 19.1 Å². The van der Waals surface area contributed by atoms with Gasteiger partial charge < -0.3 is 14.8 Å². The van der Waals surface area contributed by atoms with Crippen molar-refractivity contribution in [3.05, 3.63) is 94.0 Å². The number of allylic oxidation sites excluding steroid dienone is 2. The number of benzene rings is 2. The first-order valence-electron chi connectivity index (χ1n) is 14.9. The quantitative estimate of drug-likeness (QED) is 0.252. The van der Waals surface area contributed by atoms with E-state index in [4.69, 9.17) is 26.1 Å². The van der Waals surface area contributed by atoms with Crippen LogP contribution in [0.3, 0.4) is 0 Å². The van der Waals surface area contributed by atoms with E-state index in [9.17, 15) is 19.6 Å². The number of aromatic nitrogens is 4. The molecule has 5 rings (SSSR count). The zero-order chi connectivity index (χ0) is 33.3. The van der Waals surface area contributed by atoms with E-state index in [2.05, 4.69) is 26.2 Å². The predicted octanol–water partition coefficient (Wildman–Crippen LogP) is 3.07. The molecule has 2 amide bonds. The number of hydrogen-bond donors (Lipinski definition) is 3. The Balaban J connectivity index is 1.51. The van der Waals surface area contributed by atoms with Crippen LogP contribution in [0, 0.1) is 0 Å². The second-order valence-corrected chi connectivity index (χ2v) is 11.0. The summed E-state index contributed by atoms with van der Waals surface area (Å²) in [4.78, 5) is 43.0. The van der Waals surface area contributed by atoms with Gasteiger partial charge in [0.05, 0.1) is 36.5 Å². The highest BCUT2D eigenvalue weighted by atomic mass is 35.5. The summed E-state index contributed by atoms with van der Waals surface area (Å²) in [6.07, 6.45) is 10.7. The Bertz CT molecular complexity index is 1860. The van der Waals surface area contributed by atoms with Crippen LogP contribution < -0.4 is 21.2 Å². The average molecular weight is 661 g/mol. The van der Waals surface area contributed by atoms with Crippen molar-refractivity contribution < 1.29 is 29.1 Å². The molecule has 1 aromatic heterocycles. The van der Waals surface area contributed by atoms with Crippen molar-refractivity contribution in [3.8, 4) is 5.69 Å². The van der Waals surface area contributed by atoms with Gasteiger partial charge >= 0.3 is 12.1 Å². The number of hydrogen-bond acceptors (Lipinski definition) is 11. The van der Waals surface area contributed by atoms with E-state index in [0.717, 1.165) is 5.06 Å². The molecule has 2 aliphatic heterocycles. The fraction of sp³-hybridized carbons (Fsp3) is 0.281. The molecule has 244 valence electrons. The Labute approximate surface area is 274 Å².